The average Bonchev–Trinajstić information content (AvgIpc) is 2.85. The molecule has 2 aromatic heterocycles. The minimum atomic E-state index is -1.34. The first-order valence-corrected chi connectivity index (χ1v) is 6.71. The van der Waals surface area contributed by atoms with Gasteiger partial charge in [0, 0.05) is 13.1 Å². The Morgan fingerprint density at radius 2 is 1.81 bits per heavy atom. The van der Waals surface area contributed by atoms with Crippen LogP contribution in [0.5, 0.6) is 0 Å². The largest absolute Gasteiger partial charge is 0.480 e. The summed E-state index contributed by atoms with van der Waals surface area (Å²) in [5.74, 6) is -1.08. The van der Waals surface area contributed by atoms with Gasteiger partial charge in [-0.1, -0.05) is 0 Å². The molecular formula is C13H18N4O4. The van der Waals surface area contributed by atoms with Crippen molar-refractivity contribution in [3.05, 3.63) is 27.2 Å². The maximum absolute atomic E-state index is 12.5. The van der Waals surface area contributed by atoms with Crippen molar-refractivity contribution in [3.63, 3.8) is 0 Å². The summed E-state index contributed by atoms with van der Waals surface area (Å²) in [6.07, 6.45) is 1.30. The van der Waals surface area contributed by atoms with Gasteiger partial charge in [-0.2, -0.15) is 0 Å². The maximum Gasteiger partial charge on any atom is 0.332 e. The number of nitrogens with zero attached hydrogens (tertiary/aromatic N) is 4. The second kappa shape index (κ2) is 4.87. The van der Waals surface area contributed by atoms with Crippen molar-refractivity contribution in [1.29, 1.82) is 0 Å². The van der Waals surface area contributed by atoms with Crippen molar-refractivity contribution in [2.24, 2.45) is 0 Å². The van der Waals surface area contributed by atoms with E-state index in [9.17, 15) is 19.5 Å². The van der Waals surface area contributed by atoms with E-state index in [1.807, 2.05) is 0 Å². The number of hydrogen-bond donors (Lipinski definition) is 1. The summed E-state index contributed by atoms with van der Waals surface area (Å²) in [6.45, 7) is 6.98. The summed E-state index contributed by atoms with van der Waals surface area (Å²) in [7, 11) is 0. The molecule has 8 nitrogen and oxygen atoms in total. The van der Waals surface area contributed by atoms with Crippen LogP contribution < -0.4 is 11.2 Å². The van der Waals surface area contributed by atoms with Crippen LogP contribution in [0.1, 0.15) is 27.7 Å². The van der Waals surface area contributed by atoms with Gasteiger partial charge in [-0.05, 0) is 27.7 Å². The Balaban J connectivity index is 3.02. The number of fused-ring (bicyclic) bond motifs is 1. The molecule has 114 valence electrons. The number of aliphatic carboxylic acids is 1. The molecule has 0 amide bonds. The van der Waals surface area contributed by atoms with Crippen LogP contribution in [0, 0.1) is 0 Å². The van der Waals surface area contributed by atoms with Gasteiger partial charge < -0.3 is 9.67 Å². The van der Waals surface area contributed by atoms with E-state index in [1.165, 1.54) is 29.3 Å². The zero-order chi connectivity index (χ0) is 15.9. The number of rotatable bonds is 4. The summed E-state index contributed by atoms with van der Waals surface area (Å²) in [5.41, 5.74) is -1.95. The van der Waals surface area contributed by atoms with Crippen LogP contribution in [-0.2, 0) is 23.4 Å². The van der Waals surface area contributed by atoms with Crippen LogP contribution in [0.25, 0.3) is 11.2 Å². The van der Waals surface area contributed by atoms with Gasteiger partial charge in [0.05, 0.1) is 6.33 Å². The predicted octanol–water partition coefficient (Wildman–Crippen LogP) is 0.219. The highest BCUT2D eigenvalue weighted by Crippen LogP contribution is 2.20. The number of carboxylic acid groups (broad SMARTS) is 1. The number of aromatic nitrogens is 4. The molecular weight excluding hydrogens is 276 g/mol. The Morgan fingerprint density at radius 1 is 1.24 bits per heavy atom. The van der Waals surface area contributed by atoms with Crippen LogP contribution in [0.15, 0.2) is 15.9 Å². The van der Waals surface area contributed by atoms with E-state index in [2.05, 4.69) is 4.98 Å². The van der Waals surface area contributed by atoms with Gasteiger partial charge in [0.15, 0.2) is 11.2 Å². The lowest BCUT2D eigenvalue weighted by Gasteiger charge is -2.22. The van der Waals surface area contributed by atoms with E-state index >= 15 is 0 Å². The van der Waals surface area contributed by atoms with Gasteiger partial charge in [-0.25, -0.2) is 14.6 Å². The average molecular weight is 294 g/mol. The van der Waals surface area contributed by atoms with E-state index in [0.29, 0.717) is 6.54 Å². The van der Waals surface area contributed by atoms with Gasteiger partial charge in [0.2, 0.25) is 0 Å². The summed E-state index contributed by atoms with van der Waals surface area (Å²) < 4.78 is 3.77. The summed E-state index contributed by atoms with van der Waals surface area (Å²) >= 11 is 0. The molecule has 0 unspecified atom stereocenters. The van der Waals surface area contributed by atoms with E-state index in [0.717, 1.165) is 4.57 Å². The third kappa shape index (κ3) is 1.98. The maximum atomic E-state index is 12.5. The quantitative estimate of drug-likeness (QED) is 0.869. The summed E-state index contributed by atoms with van der Waals surface area (Å²) in [5, 5.41) is 9.35. The first-order valence-electron chi connectivity index (χ1n) is 6.71. The molecule has 1 N–H and O–H groups in total. The minimum Gasteiger partial charge on any atom is -0.480 e. The molecule has 2 aromatic rings. The third-order valence-corrected chi connectivity index (χ3v) is 3.67. The first kappa shape index (κ1) is 15.0. The Morgan fingerprint density at radius 3 is 2.29 bits per heavy atom. The van der Waals surface area contributed by atoms with E-state index in [1.54, 1.807) is 13.8 Å². The van der Waals surface area contributed by atoms with Gasteiger partial charge in [0.1, 0.15) is 5.54 Å². The fraction of sp³-hybridized carbons (Fsp3) is 0.538. The number of carbonyl (C=O) groups is 1. The molecule has 2 heterocycles. The molecule has 2 rings (SSSR count). The van der Waals surface area contributed by atoms with E-state index in [-0.39, 0.29) is 17.7 Å². The second-order valence-corrected chi connectivity index (χ2v) is 5.23. The van der Waals surface area contributed by atoms with Crippen LogP contribution in [0.2, 0.25) is 0 Å². The molecule has 0 aliphatic rings. The van der Waals surface area contributed by atoms with Gasteiger partial charge in [-0.3, -0.25) is 13.9 Å². The van der Waals surface area contributed by atoms with Crippen molar-refractivity contribution >= 4 is 17.1 Å². The minimum absolute atomic E-state index is 0.130. The first-order chi connectivity index (χ1) is 9.77. The van der Waals surface area contributed by atoms with Crippen molar-refractivity contribution in [3.8, 4) is 0 Å². The predicted molar refractivity (Wildman–Crippen MR) is 76.6 cm³/mol. The highest BCUT2D eigenvalue weighted by Gasteiger charge is 2.32. The molecule has 0 saturated heterocycles. The lowest BCUT2D eigenvalue weighted by atomic mass is 10.1. The SMILES string of the molecule is CCn1c(=O)c2c(ncn2C(C)(C)C(=O)O)n(CC)c1=O. The highest BCUT2D eigenvalue weighted by molar-refractivity contribution is 5.80. The standard InChI is InChI=1S/C13H18N4O4/c1-5-15-9-8(10(18)16(6-2)12(15)21)17(7-14-9)13(3,4)11(19)20/h7H,5-6H2,1-4H3,(H,19,20). The van der Waals surface area contributed by atoms with Crippen molar-refractivity contribution in [2.75, 3.05) is 0 Å². The number of imidazole rings is 1. The molecule has 0 saturated carbocycles. The smallest absolute Gasteiger partial charge is 0.332 e. The zero-order valence-corrected chi connectivity index (χ0v) is 12.5. The second-order valence-electron chi connectivity index (χ2n) is 5.23. The number of aryl methyl sites for hydroxylation is 1. The summed E-state index contributed by atoms with van der Waals surface area (Å²) in [4.78, 5) is 40.2. The Hall–Kier alpha value is -2.38. The normalized spacial score (nSPS) is 12.0. The fourth-order valence-electron chi connectivity index (χ4n) is 2.28. The van der Waals surface area contributed by atoms with E-state index in [4.69, 9.17) is 0 Å². The lowest BCUT2D eigenvalue weighted by Crippen LogP contribution is -2.42. The zero-order valence-electron chi connectivity index (χ0n) is 12.5. The monoisotopic (exact) mass is 294 g/mol. The molecule has 0 aliphatic carbocycles. The van der Waals surface area contributed by atoms with Gasteiger partial charge in [-0.15, -0.1) is 0 Å². The molecule has 0 atom stereocenters. The molecule has 8 heteroatoms. The number of hydrogen-bond acceptors (Lipinski definition) is 4. The van der Waals surface area contributed by atoms with Crippen LogP contribution in [-0.4, -0.2) is 29.8 Å². The van der Waals surface area contributed by atoms with Crippen molar-refractivity contribution in [1.82, 2.24) is 18.7 Å². The Labute approximate surface area is 120 Å². The molecule has 0 fully saturated rings. The fourth-order valence-corrected chi connectivity index (χ4v) is 2.28. The molecule has 0 aromatic carbocycles. The van der Waals surface area contributed by atoms with Crippen molar-refractivity contribution < 1.29 is 9.90 Å². The van der Waals surface area contributed by atoms with Crippen LogP contribution >= 0.6 is 0 Å². The van der Waals surface area contributed by atoms with Gasteiger partial charge >= 0.3 is 11.7 Å². The molecule has 0 aliphatic heterocycles. The van der Waals surface area contributed by atoms with Gasteiger partial charge in [0.25, 0.3) is 5.56 Å². The van der Waals surface area contributed by atoms with Crippen molar-refractivity contribution in [2.45, 2.75) is 46.3 Å². The number of carboxylic acids is 1. The van der Waals surface area contributed by atoms with Crippen LogP contribution in [0.4, 0.5) is 0 Å². The topological polar surface area (TPSA) is 99.1 Å². The lowest BCUT2D eigenvalue weighted by molar-refractivity contribution is -0.145. The van der Waals surface area contributed by atoms with E-state index < -0.39 is 22.8 Å². The molecule has 0 radical (unpaired) electrons. The van der Waals surface area contributed by atoms with Crippen LogP contribution in [0.3, 0.4) is 0 Å². The summed E-state index contributed by atoms with van der Waals surface area (Å²) in [6, 6.07) is 0. The molecule has 0 bridgehead atoms. The third-order valence-electron chi connectivity index (χ3n) is 3.67. The Kier molecular flexibility index (Phi) is 3.48. The molecule has 21 heavy (non-hydrogen) atoms. The molecule has 0 spiro atoms. The highest BCUT2D eigenvalue weighted by atomic mass is 16.4. The Bertz CT molecular complexity index is 825.